The van der Waals surface area contributed by atoms with E-state index in [1.807, 2.05) is 50.1 Å². The Balaban J connectivity index is 0.00000264. The number of nitrogens with zero attached hydrogens (tertiary/aromatic N) is 3. The van der Waals surface area contributed by atoms with Crippen LogP contribution >= 0.6 is 35.6 Å². The average molecular weight is 449 g/mol. The van der Waals surface area contributed by atoms with Gasteiger partial charge in [-0.2, -0.15) is 0 Å². The number of nitrogens with one attached hydrogen (secondary N) is 1. The minimum Gasteiger partial charge on any atom is -0.444 e. The van der Waals surface area contributed by atoms with Crippen molar-refractivity contribution in [1.82, 2.24) is 15.2 Å². The second-order valence-electron chi connectivity index (χ2n) is 5.10. The summed E-state index contributed by atoms with van der Waals surface area (Å²) in [6.07, 6.45) is 0. The van der Waals surface area contributed by atoms with Crippen LogP contribution in [0.4, 0.5) is 0 Å². The topological polar surface area (TPSA) is 53.7 Å². The molecule has 2 rings (SSSR count). The molecule has 7 heteroatoms. The highest BCUT2D eigenvalue weighted by atomic mass is 127. The van der Waals surface area contributed by atoms with E-state index in [1.165, 1.54) is 0 Å². The normalized spacial score (nSPS) is 11.1. The van der Waals surface area contributed by atoms with Gasteiger partial charge in [-0.15, -0.1) is 24.0 Å². The lowest BCUT2D eigenvalue weighted by molar-refractivity contribution is 0.443. The average Bonchev–Trinajstić information content (AvgIpc) is 2.81. The molecule has 0 amide bonds. The molecule has 0 fully saturated rings. The monoisotopic (exact) mass is 448 g/mol. The summed E-state index contributed by atoms with van der Waals surface area (Å²) in [6.45, 7) is 5.00. The highest BCUT2D eigenvalue weighted by molar-refractivity contribution is 14.0. The number of guanidine groups is 1. The summed E-state index contributed by atoms with van der Waals surface area (Å²) >= 11 is 6.20. The molecule has 126 valence electrons. The number of aromatic nitrogens is 1. The molecule has 0 saturated heterocycles. The third-order valence-electron chi connectivity index (χ3n) is 3.41. The molecular weight excluding hydrogens is 427 g/mol. The van der Waals surface area contributed by atoms with Crippen LogP contribution in [-0.2, 0) is 13.1 Å². The molecular formula is C16H22ClIN4O. The maximum absolute atomic E-state index is 6.20. The zero-order valence-electron chi connectivity index (χ0n) is 13.8. The third kappa shape index (κ3) is 5.39. The Labute approximate surface area is 159 Å². The molecule has 2 aromatic rings. The first-order valence-corrected chi connectivity index (χ1v) is 7.47. The molecule has 1 heterocycles. The molecule has 0 aliphatic rings. The molecule has 0 aliphatic heterocycles. The van der Waals surface area contributed by atoms with Gasteiger partial charge in [-0.25, -0.2) is 4.98 Å². The van der Waals surface area contributed by atoms with Gasteiger partial charge in [0.05, 0.1) is 12.2 Å². The molecule has 23 heavy (non-hydrogen) atoms. The summed E-state index contributed by atoms with van der Waals surface area (Å²) in [5.74, 6) is 2.26. The van der Waals surface area contributed by atoms with E-state index in [-0.39, 0.29) is 24.0 Å². The van der Waals surface area contributed by atoms with Crippen LogP contribution in [0.25, 0.3) is 0 Å². The maximum Gasteiger partial charge on any atom is 0.214 e. The minimum absolute atomic E-state index is 0. The predicted molar refractivity (Wildman–Crippen MR) is 105 cm³/mol. The van der Waals surface area contributed by atoms with Gasteiger partial charge in [-0.05, 0) is 25.5 Å². The van der Waals surface area contributed by atoms with E-state index in [4.69, 9.17) is 16.0 Å². The number of aliphatic imine (C=N–C) groups is 1. The van der Waals surface area contributed by atoms with Crippen molar-refractivity contribution >= 4 is 41.5 Å². The summed E-state index contributed by atoms with van der Waals surface area (Å²) in [5, 5.41) is 4.00. The zero-order valence-corrected chi connectivity index (χ0v) is 16.8. The van der Waals surface area contributed by atoms with Gasteiger partial charge in [0.1, 0.15) is 5.76 Å². The van der Waals surface area contributed by atoms with Gasteiger partial charge in [0.15, 0.2) is 5.96 Å². The number of halogens is 2. The molecule has 0 bridgehead atoms. The van der Waals surface area contributed by atoms with Crippen molar-refractivity contribution in [2.45, 2.75) is 26.9 Å². The van der Waals surface area contributed by atoms with Crippen molar-refractivity contribution in [2.24, 2.45) is 4.99 Å². The molecule has 0 radical (unpaired) electrons. The molecule has 0 unspecified atom stereocenters. The molecule has 1 aromatic carbocycles. The summed E-state index contributed by atoms with van der Waals surface area (Å²) in [4.78, 5) is 10.6. The quantitative estimate of drug-likeness (QED) is 0.439. The van der Waals surface area contributed by atoms with Crippen LogP contribution in [-0.4, -0.2) is 29.9 Å². The molecule has 0 atom stereocenters. The fourth-order valence-corrected chi connectivity index (χ4v) is 2.31. The van der Waals surface area contributed by atoms with Gasteiger partial charge in [0.25, 0.3) is 0 Å². The maximum atomic E-state index is 6.20. The van der Waals surface area contributed by atoms with Gasteiger partial charge in [-0.3, -0.25) is 4.99 Å². The third-order valence-corrected chi connectivity index (χ3v) is 3.78. The molecule has 1 N–H and O–H groups in total. The van der Waals surface area contributed by atoms with Crippen molar-refractivity contribution in [3.8, 4) is 0 Å². The predicted octanol–water partition coefficient (Wildman–Crippen LogP) is 3.77. The van der Waals surface area contributed by atoms with Crippen LogP contribution in [0.3, 0.4) is 0 Å². The number of aryl methyl sites for hydroxylation is 2. The fourth-order valence-electron chi connectivity index (χ4n) is 2.11. The lowest BCUT2D eigenvalue weighted by Gasteiger charge is -2.22. The second-order valence-corrected chi connectivity index (χ2v) is 5.50. The van der Waals surface area contributed by atoms with Crippen LogP contribution in [0.5, 0.6) is 0 Å². The van der Waals surface area contributed by atoms with E-state index in [2.05, 4.69) is 15.3 Å². The molecule has 0 aliphatic carbocycles. The van der Waals surface area contributed by atoms with Gasteiger partial charge < -0.3 is 14.6 Å². The first-order valence-electron chi connectivity index (χ1n) is 7.09. The van der Waals surface area contributed by atoms with Gasteiger partial charge in [0.2, 0.25) is 5.89 Å². The van der Waals surface area contributed by atoms with Gasteiger partial charge >= 0.3 is 0 Å². The first kappa shape index (κ1) is 19.8. The van der Waals surface area contributed by atoms with E-state index in [0.29, 0.717) is 19.0 Å². The number of rotatable bonds is 4. The molecule has 5 nitrogen and oxygen atoms in total. The van der Waals surface area contributed by atoms with Crippen LogP contribution in [0.15, 0.2) is 33.7 Å². The van der Waals surface area contributed by atoms with Crippen molar-refractivity contribution < 1.29 is 4.42 Å². The minimum atomic E-state index is 0. The summed E-state index contributed by atoms with van der Waals surface area (Å²) < 4.78 is 5.56. The second kappa shape index (κ2) is 9.12. The number of hydrogen-bond donors (Lipinski definition) is 1. The Morgan fingerprint density at radius 1 is 1.35 bits per heavy atom. The van der Waals surface area contributed by atoms with E-state index >= 15 is 0 Å². The largest absolute Gasteiger partial charge is 0.444 e. The first-order chi connectivity index (χ1) is 10.5. The highest BCUT2D eigenvalue weighted by Crippen LogP contribution is 2.16. The van der Waals surface area contributed by atoms with Crippen molar-refractivity contribution in [3.63, 3.8) is 0 Å². The van der Waals surface area contributed by atoms with Crippen LogP contribution in [0.1, 0.15) is 22.9 Å². The summed E-state index contributed by atoms with van der Waals surface area (Å²) in [5.41, 5.74) is 1.97. The van der Waals surface area contributed by atoms with Crippen molar-refractivity contribution in [2.75, 3.05) is 14.1 Å². The zero-order chi connectivity index (χ0) is 16.1. The van der Waals surface area contributed by atoms with Crippen molar-refractivity contribution in [3.05, 3.63) is 52.2 Å². The van der Waals surface area contributed by atoms with Gasteiger partial charge in [0, 0.05) is 25.7 Å². The summed E-state index contributed by atoms with van der Waals surface area (Å²) in [7, 11) is 3.71. The van der Waals surface area contributed by atoms with E-state index in [1.54, 1.807) is 7.05 Å². The number of oxazole rings is 1. The smallest absolute Gasteiger partial charge is 0.214 e. The summed E-state index contributed by atoms with van der Waals surface area (Å²) in [6, 6.07) is 7.79. The fraction of sp³-hybridized carbons (Fsp3) is 0.375. The highest BCUT2D eigenvalue weighted by Gasteiger charge is 2.11. The van der Waals surface area contributed by atoms with Crippen LogP contribution < -0.4 is 5.32 Å². The Morgan fingerprint density at radius 2 is 2.04 bits per heavy atom. The Bertz CT molecular complexity index is 652. The van der Waals surface area contributed by atoms with Gasteiger partial charge in [-0.1, -0.05) is 29.8 Å². The Morgan fingerprint density at radius 3 is 2.61 bits per heavy atom. The molecule has 1 aromatic heterocycles. The molecule has 0 saturated carbocycles. The van der Waals surface area contributed by atoms with E-state index < -0.39 is 0 Å². The lowest BCUT2D eigenvalue weighted by atomic mass is 10.2. The lowest BCUT2D eigenvalue weighted by Crippen LogP contribution is -2.38. The Kier molecular flexibility index (Phi) is 7.84. The number of benzene rings is 1. The van der Waals surface area contributed by atoms with E-state index in [9.17, 15) is 0 Å². The standard InChI is InChI=1S/C16H21ClN4O.HI/c1-11-12(2)22-15(20-11)9-19-16(18-3)21(4)10-13-7-5-6-8-14(13)17;/h5-8H,9-10H2,1-4H3,(H,18,19);1H. The molecule has 0 spiro atoms. The van der Waals surface area contributed by atoms with Crippen molar-refractivity contribution in [1.29, 1.82) is 0 Å². The number of hydrogen-bond acceptors (Lipinski definition) is 3. The van der Waals surface area contributed by atoms with Crippen LogP contribution in [0.2, 0.25) is 5.02 Å². The SMILES string of the molecule is CN=C(NCc1nc(C)c(C)o1)N(C)Cc1ccccc1Cl.I. The van der Waals surface area contributed by atoms with Crippen LogP contribution in [0, 0.1) is 13.8 Å². The Hall–Kier alpha value is -1.28. The van der Waals surface area contributed by atoms with E-state index in [0.717, 1.165) is 28.0 Å².